The molecule has 0 spiro atoms. The summed E-state index contributed by atoms with van der Waals surface area (Å²) < 4.78 is 26.8. The quantitative estimate of drug-likeness (QED) is 0.295. The Balaban J connectivity index is 1.57. The Morgan fingerprint density at radius 2 is 2.03 bits per heavy atom. The van der Waals surface area contributed by atoms with Crippen molar-refractivity contribution in [3.8, 4) is 17.0 Å². The van der Waals surface area contributed by atoms with Gasteiger partial charge in [0, 0.05) is 16.6 Å². The lowest BCUT2D eigenvalue weighted by molar-refractivity contribution is -0.142. The number of benzene rings is 2. The van der Waals surface area contributed by atoms with Gasteiger partial charge in [0.05, 0.1) is 13.0 Å². The molecule has 0 saturated carbocycles. The third-order valence-electron chi connectivity index (χ3n) is 4.59. The van der Waals surface area contributed by atoms with Crippen LogP contribution in [0.1, 0.15) is 27.9 Å². The molecule has 0 saturated heterocycles. The normalized spacial score (nSPS) is 10.9. The number of nitrogens with zero attached hydrogens (tertiary/aromatic N) is 2. The average Bonchev–Trinajstić information content (AvgIpc) is 3.30. The van der Waals surface area contributed by atoms with Gasteiger partial charge in [-0.1, -0.05) is 30.3 Å². The van der Waals surface area contributed by atoms with Gasteiger partial charge >= 0.3 is 5.97 Å². The second kappa shape index (κ2) is 9.09. The van der Waals surface area contributed by atoms with E-state index in [1.165, 1.54) is 23.5 Å². The van der Waals surface area contributed by atoms with E-state index in [0.29, 0.717) is 34.8 Å². The molecular formula is C23H19FN2O4S. The summed E-state index contributed by atoms with van der Waals surface area (Å²) in [6.07, 6.45) is 2.47. The highest BCUT2D eigenvalue weighted by molar-refractivity contribution is 7.17. The van der Waals surface area contributed by atoms with E-state index < -0.39 is 5.82 Å². The standard InChI is InChI=1S/C23H19FN2O4S/c1-2-29-21(28)11-17-12-26-19(13-27)22(25-23(26)31-17)16-8-9-20(18(24)10-16)30-14-15-6-4-3-5-7-15/h3-10,12-13H,2,11,14H2,1H3. The molecule has 0 N–H and O–H groups in total. The Kier molecular flexibility index (Phi) is 6.08. The number of thiazole rings is 1. The number of halogens is 1. The molecule has 31 heavy (non-hydrogen) atoms. The lowest BCUT2D eigenvalue weighted by Gasteiger charge is -2.08. The monoisotopic (exact) mass is 438 g/mol. The first kappa shape index (κ1) is 20.7. The number of carbonyl (C=O) groups excluding carboxylic acids is 2. The summed E-state index contributed by atoms with van der Waals surface area (Å²) in [6.45, 7) is 2.30. The highest BCUT2D eigenvalue weighted by Gasteiger charge is 2.19. The van der Waals surface area contributed by atoms with Gasteiger partial charge in [-0.2, -0.15) is 0 Å². The van der Waals surface area contributed by atoms with E-state index in [2.05, 4.69) is 4.98 Å². The van der Waals surface area contributed by atoms with E-state index in [9.17, 15) is 14.0 Å². The summed E-state index contributed by atoms with van der Waals surface area (Å²) in [5.41, 5.74) is 2.06. The molecule has 0 fully saturated rings. The van der Waals surface area contributed by atoms with Gasteiger partial charge in [0.15, 0.2) is 22.8 Å². The first-order valence-corrected chi connectivity index (χ1v) is 10.5. The molecule has 0 amide bonds. The topological polar surface area (TPSA) is 69.9 Å². The Morgan fingerprint density at radius 3 is 2.74 bits per heavy atom. The van der Waals surface area contributed by atoms with Crippen molar-refractivity contribution in [1.29, 1.82) is 0 Å². The van der Waals surface area contributed by atoms with Gasteiger partial charge in [-0.15, -0.1) is 11.3 Å². The predicted molar refractivity (Wildman–Crippen MR) is 115 cm³/mol. The molecule has 0 atom stereocenters. The molecule has 6 nitrogen and oxygen atoms in total. The van der Waals surface area contributed by atoms with Crippen molar-refractivity contribution >= 4 is 28.6 Å². The van der Waals surface area contributed by atoms with Crippen molar-refractivity contribution in [1.82, 2.24) is 9.38 Å². The molecule has 0 aliphatic carbocycles. The fourth-order valence-corrected chi connectivity index (χ4v) is 4.14. The van der Waals surface area contributed by atoms with Crippen LogP contribution in [0.3, 0.4) is 0 Å². The number of imidazole rings is 1. The van der Waals surface area contributed by atoms with Crippen molar-refractivity contribution in [3.05, 3.63) is 76.7 Å². The van der Waals surface area contributed by atoms with Crippen LogP contribution in [0.5, 0.6) is 5.75 Å². The Hall–Kier alpha value is -3.52. The van der Waals surface area contributed by atoms with Gasteiger partial charge in [-0.05, 0) is 30.7 Å². The van der Waals surface area contributed by atoms with Crippen LogP contribution < -0.4 is 4.74 Å². The van der Waals surface area contributed by atoms with Crippen LogP contribution >= 0.6 is 11.3 Å². The number of aldehydes is 1. The minimum atomic E-state index is -0.537. The third kappa shape index (κ3) is 4.49. The number of fused-ring (bicyclic) bond motifs is 1. The second-order valence-electron chi connectivity index (χ2n) is 6.71. The highest BCUT2D eigenvalue weighted by atomic mass is 32.1. The van der Waals surface area contributed by atoms with E-state index >= 15 is 0 Å². The molecule has 0 aliphatic heterocycles. The van der Waals surface area contributed by atoms with E-state index in [0.717, 1.165) is 10.4 Å². The van der Waals surface area contributed by atoms with Crippen molar-refractivity contribution in [2.45, 2.75) is 20.0 Å². The first-order valence-electron chi connectivity index (χ1n) is 9.67. The first-order chi connectivity index (χ1) is 15.1. The largest absolute Gasteiger partial charge is 0.486 e. The Labute approximate surface area is 181 Å². The van der Waals surface area contributed by atoms with Gasteiger partial charge < -0.3 is 9.47 Å². The van der Waals surface area contributed by atoms with Gasteiger partial charge in [0.1, 0.15) is 18.0 Å². The minimum absolute atomic E-state index is 0.109. The maximum Gasteiger partial charge on any atom is 0.311 e. The van der Waals surface area contributed by atoms with Crippen LogP contribution in [0.4, 0.5) is 4.39 Å². The van der Waals surface area contributed by atoms with Gasteiger partial charge in [0.25, 0.3) is 0 Å². The van der Waals surface area contributed by atoms with E-state index in [-0.39, 0.29) is 24.7 Å². The van der Waals surface area contributed by atoms with E-state index in [1.807, 2.05) is 30.3 Å². The molecule has 0 aliphatic rings. The molecule has 2 aromatic carbocycles. The molecule has 2 heterocycles. The zero-order valence-corrected chi connectivity index (χ0v) is 17.5. The number of carbonyl (C=O) groups is 2. The van der Waals surface area contributed by atoms with Gasteiger partial charge in [-0.25, -0.2) is 9.37 Å². The number of hydrogen-bond donors (Lipinski definition) is 0. The van der Waals surface area contributed by atoms with Crippen molar-refractivity contribution < 1.29 is 23.5 Å². The zero-order chi connectivity index (χ0) is 21.8. The molecule has 0 unspecified atom stereocenters. The molecule has 0 bridgehead atoms. The van der Waals surface area contributed by atoms with E-state index in [4.69, 9.17) is 9.47 Å². The predicted octanol–water partition coefficient (Wildman–Crippen LogP) is 4.70. The minimum Gasteiger partial charge on any atom is -0.486 e. The fraction of sp³-hybridized carbons (Fsp3) is 0.174. The van der Waals surface area contributed by atoms with Crippen LogP contribution in [0.25, 0.3) is 16.2 Å². The van der Waals surface area contributed by atoms with Crippen LogP contribution in [0.2, 0.25) is 0 Å². The fourth-order valence-electron chi connectivity index (χ4n) is 3.17. The summed E-state index contributed by atoms with van der Waals surface area (Å²) in [5, 5.41) is 0. The van der Waals surface area contributed by atoms with Crippen molar-refractivity contribution in [2.24, 2.45) is 0 Å². The number of rotatable bonds is 8. The number of ether oxygens (including phenoxy) is 2. The van der Waals surface area contributed by atoms with Gasteiger partial charge in [0.2, 0.25) is 0 Å². The smallest absolute Gasteiger partial charge is 0.311 e. The maximum atomic E-state index is 14.6. The lowest BCUT2D eigenvalue weighted by Crippen LogP contribution is -2.06. The van der Waals surface area contributed by atoms with Gasteiger partial charge in [-0.3, -0.25) is 14.0 Å². The Bertz CT molecular complexity index is 1230. The molecule has 4 rings (SSSR count). The molecule has 158 valence electrons. The molecule has 8 heteroatoms. The SMILES string of the molecule is CCOC(=O)Cc1cn2c(C=O)c(-c3ccc(OCc4ccccc4)c(F)c3)nc2s1. The number of hydrogen-bond acceptors (Lipinski definition) is 6. The molecule has 0 radical (unpaired) electrons. The summed E-state index contributed by atoms with van der Waals surface area (Å²) in [6, 6.07) is 14.0. The maximum absolute atomic E-state index is 14.6. The Morgan fingerprint density at radius 1 is 1.23 bits per heavy atom. The van der Waals surface area contributed by atoms with Crippen LogP contribution in [-0.2, 0) is 22.6 Å². The zero-order valence-electron chi connectivity index (χ0n) is 16.7. The summed E-state index contributed by atoms with van der Waals surface area (Å²) in [7, 11) is 0. The average molecular weight is 438 g/mol. The molecule has 4 aromatic rings. The number of esters is 1. The molecular weight excluding hydrogens is 419 g/mol. The summed E-state index contributed by atoms with van der Waals surface area (Å²) in [4.78, 5) is 29.2. The summed E-state index contributed by atoms with van der Waals surface area (Å²) in [5.74, 6) is -0.754. The second-order valence-corrected chi connectivity index (χ2v) is 7.81. The highest BCUT2D eigenvalue weighted by Crippen LogP contribution is 2.30. The van der Waals surface area contributed by atoms with Crippen LogP contribution in [-0.4, -0.2) is 28.2 Å². The summed E-state index contributed by atoms with van der Waals surface area (Å²) >= 11 is 1.28. The van der Waals surface area contributed by atoms with E-state index in [1.54, 1.807) is 23.6 Å². The number of aromatic nitrogens is 2. The van der Waals surface area contributed by atoms with Crippen LogP contribution in [0, 0.1) is 5.82 Å². The van der Waals surface area contributed by atoms with Crippen molar-refractivity contribution in [3.63, 3.8) is 0 Å². The third-order valence-corrected chi connectivity index (χ3v) is 5.57. The lowest BCUT2D eigenvalue weighted by atomic mass is 10.1. The van der Waals surface area contributed by atoms with Crippen molar-refractivity contribution in [2.75, 3.05) is 6.61 Å². The molecule has 2 aromatic heterocycles. The van der Waals surface area contributed by atoms with Crippen LogP contribution in [0.15, 0.2) is 54.7 Å².